The molecule has 3 nitrogen and oxygen atoms in total. The van der Waals surface area contributed by atoms with Crippen molar-refractivity contribution < 1.29 is 4.79 Å². The van der Waals surface area contributed by atoms with E-state index >= 15 is 0 Å². The van der Waals surface area contributed by atoms with E-state index in [0.29, 0.717) is 27.3 Å². The van der Waals surface area contributed by atoms with Gasteiger partial charge >= 0.3 is 0 Å². The van der Waals surface area contributed by atoms with Gasteiger partial charge in [-0.25, -0.2) is 4.98 Å². The van der Waals surface area contributed by atoms with E-state index in [9.17, 15) is 4.79 Å². The summed E-state index contributed by atoms with van der Waals surface area (Å²) in [4.78, 5) is 18.1. The van der Waals surface area contributed by atoms with Crippen molar-refractivity contribution in [3.63, 3.8) is 0 Å². The molecule has 0 aliphatic heterocycles. The molecule has 146 valence electrons. The van der Waals surface area contributed by atoms with Gasteiger partial charge in [-0.05, 0) is 42.3 Å². The molecular weight excluding hydrogens is 479 g/mol. The minimum atomic E-state index is -0.157. The second-order valence-electron chi connectivity index (χ2n) is 6.29. The smallest absolute Gasteiger partial charge is 0.280 e. The van der Waals surface area contributed by atoms with E-state index in [-0.39, 0.29) is 5.91 Å². The van der Waals surface area contributed by atoms with Gasteiger partial charge in [0.1, 0.15) is 0 Å². The summed E-state index contributed by atoms with van der Waals surface area (Å²) in [5, 5.41) is 4.45. The van der Waals surface area contributed by atoms with Crippen LogP contribution in [-0.2, 0) is 0 Å². The predicted octanol–water partition coefficient (Wildman–Crippen LogP) is 7.47. The van der Waals surface area contributed by atoms with Crippen molar-refractivity contribution in [2.45, 2.75) is 26.2 Å². The van der Waals surface area contributed by atoms with Crippen molar-refractivity contribution in [3.8, 4) is 21.7 Å². The molecule has 3 rings (SSSR count). The second kappa shape index (κ2) is 9.88. The zero-order chi connectivity index (χ0) is 20.1. The van der Waals surface area contributed by atoms with Gasteiger partial charge in [0, 0.05) is 21.6 Å². The summed E-state index contributed by atoms with van der Waals surface area (Å²) < 4.78 is 0.987. The van der Waals surface area contributed by atoms with Crippen molar-refractivity contribution in [1.29, 1.82) is 0 Å². The van der Waals surface area contributed by atoms with E-state index in [1.54, 1.807) is 12.1 Å². The number of rotatable bonds is 7. The molecule has 0 radical (unpaired) electrons. The van der Waals surface area contributed by atoms with Gasteiger partial charge in [-0.1, -0.05) is 71.0 Å². The highest BCUT2D eigenvalue weighted by molar-refractivity contribution is 9.10. The number of nitrogens with zero attached hydrogens (tertiary/aromatic N) is 1. The van der Waals surface area contributed by atoms with Gasteiger partial charge in [-0.15, -0.1) is 11.3 Å². The highest BCUT2D eigenvalue weighted by Crippen LogP contribution is 2.40. The monoisotopic (exact) mass is 496 g/mol. The SMILES string of the molecule is CCCCCNC(=O)c1nc(-c2ccc(Cl)cc2Cl)c(-c2ccc(Br)cc2)s1. The van der Waals surface area contributed by atoms with Crippen LogP contribution in [0.2, 0.25) is 10.0 Å². The van der Waals surface area contributed by atoms with Crippen LogP contribution in [0.5, 0.6) is 0 Å². The number of unbranched alkanes of at least 4 members (excludes halogenated alkanes) is 2. The van der Waals surface area contributed by atoms with Gasteiger partial charge in [0.05, 0.1) is 15.6 Å². The minimum absolute atomic E-state index is 0.157. The van der Waals surface area contributed by atoms with E-state index < -0.39 is 0 Å². The number of amides is 1. The van der Waals surface area contributed by atoms with E-state index in [1.165, 1.54) is 11.3 Å². The molecule has 0 aliphatic rings. The number of carbonyl (C=O) groups excluding carboxylic acids is 1. The summed E-state index contributed by atoms with van der Waals surface area (Å²) in [6.45, 7) is 2.78. The van der Waals surface area contributed by atoms with Crippen molar-refractivity contribution in [2.75, 3.05) is 6.54 Å². The standard InChI is InChI=1S/C21H19BrCl2N2OS/c1-2-3-4-11-25-20(27)21-26-18(16-10-9-15(23)12-17(16)24)19(28-21)13-5-7-14(22)8-6-13/h5-10,12H,2-4,11H2,1H3,(H,25,27). The lowest BCUT2D eigenvalue weighted by Crippen LogP contribution is -2.24. The van der Waals surface area contributed by atoms with Gasteiger partial charge in [-0.3, -0.25) is 4.79 Å². The summed E-state index contributed by atoms with van der Waals surface area (Å²) >= 11 is 17.3. The highest BCUT2D eigenvalue weighted by Gasteiger charge is 2.20. The van der Waals surface area contributed by atoms with Crippen molar-refractivity contribution >= 4 is 56.4 Å². The Bertz CT molecular complexity index is 973. The number of hydrogen-bond acceptors (Lipinski definition) is 3. The maximum Gasteiger partial charge on any atom is 0.280 e. The van der Waals surface area contributed by atoms with Gasteiger partial charge in [0.25, 0.3) is 5.91 Å². The van der Waals surface area contributed by atoms with Crippen LogP contribution in [0.15, 0.2) is 46.9 Å². The van der Waals surface area contributed by atoms with Crippen LogP contribution in [0, 0.1) is 0 Å². The first-order valence-electron chi connectivity index (χ1n) is 9.00. The summed E-state index contributed by atoms with van der Waals surface area (Å²) in [6.07, 6.45) is 3.16. The van der Waals surface area contributed by atoms with Crippen LogP contribution < -0.4 is 5.32 Å². The average Bonchev–Trinajstić information content (AvgIpc) is 3.11. The van der Waals surface area contributed by atoms with Crippen molar-refractivity contribution in [2.24, 2.45) is 0 Å². The number of nitrogens with one attached hydrogen (secondary N) is 1. The van der Waals surface area contributed by atoms with E-state index in [2.05, 4.69) is 33.2 Å². The van der Waals surface area contributed by atoms with Gasteiger partial charge in [0.15, 0.2) is 5.01 Å². The number of thiazole rings is 1. The first kappa shape index (κ1) is 21.3. The second-order valence-corrected chi connectivity index (χ2v) is 9.05. The van der Waals surface area contributed by atoms with E-state index in [0.717, 1.165) is 39.7 Å². The third-order valence-corrected chi connectivity index (χ3v) is 6.36. The molecule has 3 aromatic rings. The lowest BCUT2D eigenvalue weighted by molar-refractivity contribution is 0.0952. The Balaban J connectivity index is 2.00. The summed E-state index contributed by atoms with van der Waals surface area (Å²) in [6, 6.07) is 13.2. The van der Waals surface area contributed by atoms with Crippen LogP contribution in [0.25, 0.3) is 21.7 Å². The Kier molecular flexibility index (Phi) is 7.52. The molecule has 0 fully saturated rings. The molecule has 0 unspecified atom stereocenters. The normalized spacial score (nSPS) is 10.9. The Labute approximate surface area is 187 Å². The molecule has 1 heterocycles. The topological polar surface area (TPSA) is 42.0 Å². The fraction of sp³-hybridized carbons (Fsp3) is 0.238. The molecule has 0 saturated heterocycles. The predicted molar refractivity (Wildman–Crippen MR) is 123 cm³/mol. The van der Waals surface area contributed by atoms with Crippen LogP contribution >= 0.6 is 50.5 Å². The number of hydrogen-bond donors (Lipinski definition) is 1. The average molecular weight is 498 g/mol. The maximum atomic E-state index is 12.6. The van der Waals surface area contributed by atoms with Crippen LogP contribution in [0.4, 0.5) is 0 Å². The molecule has 7 heteroatoms. The molecule has 1 aromatic heterocycles. The summed E-state index contributed by atoms with van der Waals surface area (Å²) in [5.74, 6) is -0.157. The Morgan fingerprint density at radius 2 is 1.89 bits per heavy atom. The van der Waals surface area contributed by atoms with Crippen LogP contribution in [0.3, 0.4) is 0 Å². The quantitative estimate of drug-likeness (QED) is 0.344. The minimum Gasteiger partial charge on any atom is -0.350 e. The molecule has 1 amide bonds. The van der Waals surface area contributed by atoms with E-state index in [1.807, 2.05) is 30.3 Å². The van der Waals surface area contributed by atoms with Crippen LogP contribution in [-0.4, -0.2) is 17.4 Å². The largest absolute Gasteiger partial charge is 0.350 e. The molecular formula is C21H19BrCl2N2OS. The zero-order valence-corrected chi connectivity index (χ0v) is 19.2. The number of aromatic nitrogens is 1. The molecule has 2 aromatic carbocycles. The third kappa shape index (κ3) is 5.15. The lowest BCUT2D eigenvalue weighted by atomic mass is 10.1. The van der Waals surface area contributed by atoms with Gasteiger partial charge in [0.2, 0.25) is 0 Å². The fourth-order valence-electron chi connectivity index (χ4n) is 2.73. The first-order chi connectivity index (χ1) is 13.5. The van der Waals surface area contributed by atoms with Gasteiger partial charge < -0.3 is 5.32 Å². The molecule has 0 bridgehead atoms. The molecule has 0 aliphatic carbocycles. The summed E-state index contributed by atoms with van der Waals surface area (Å²) in [5.41, 5.74) is 2.42. The third-order valence-electron chi connectivity index (χ3n) is 4.18. The molecule has 0 atom stereocenters. The number of carbonyl (C=O) groups is 1. The fourth-order valence-corrected chi connectivity index (χ4v) is 4.49. The van der Waals surface area contributed by atoms with Crippen molar-refractivity contribution in [1.82, 2.24) is 10.3 Å². The summed E-state index contributed by atoms with van der Waals surface area (Å²) in [7, 11) is 0. The maximum absolute atomic E-state index is 12.6. The highest BCUT2D eigenvalue weighted by atomic mass is 79.9. The molecule has 0 saturated carbocycles. The molecule has 28 heavy (non-hydrogen) atoms. The Morgan fingerprint density at radius 1 is 1.14 bits per heavy atom. The first-order valence-corrected chi connectivity index (χ1v) is 11.4. The molecule has 1 N–H and O–H groups in total. The van der Waals surface area contributed by atoms with Gasteiger partial charge in [-0.2, -0.15) is 0 Å². The van der Waals surface area contributed by atoms with Crippen LogP contribution in [0.1, 0.15) is 36.0 Å². The van der Waals surface area contributed by atoms with Crippen molar-refractivity contribution in [3.05, 3.63) is 62.0 Å². The lowest BCUT2D eigenvalue weighted by Gasteiger charge is -2.06. The number of halogens is 3. The number of benzene rings is 2. The molecule has 0 spiro atoms. The zero-order valence-electron chi connectivity index (χ0n) is 15.3. The Morgan fingerprint density at radius 3 is 2.57 bits per heavy atom. The van der Waals surface area contributed by atoms with E-state index in [4.69, 9.17) is 23.2 Å². The Hall–Kier alpha value is -1.40.